The van der Waals surface area contributed by atoms with E-state index in [9.17, 15) is 4.79 Å². The normalized spacial score (nSPS) is 10.8. The topological polar surface area (TPSA) is 52.6 Å². The number of nitrogens with zero attached hydrogens (tertiary/aromatic N) is 1. The Morgan fingerprint density at radius 2 is 2.00 bits per heavy atom. The highest BCUT2D eigenvalue weighted by Crippen LogP contribution is 2.08. The van der Waals surface area contributed by atoms with Crippen molar-refractivity contribution in [3.8, 4) is 0 Å². The SMILES string of the molecule is O=C(CN(CCO)Cc1ccccc1)NCCc1cccs1. The average Bonchev–Trinajstić information content (AvgIpc) is 3.02. The molecule has 0 atom stereocenters. The van der Waals surface area contributed by atoms with Crippen LogP contribution >= 0.6 is 11.3 Å². The Morgan fingerprint density at radius 3 is 2.68 bits per heavy atom. The van der Waals surface area contributed by atoms with Crippen LogP contribution in [0, 0.1) is 0 Å². The van der Waals surface area contributed by atoms with E-state index in [1.165, 1.54) is 4.88 Å². The number of rotatable bonds is 9. The number of benzene rings is 1. The van der Waals surface area contributed by atoms with Gasteiger partial charge in [0.05, 0.1) is 13.2 Å². The summed E-state index contributed by atoms with van der Waals surface area (Å²) in [5.74, 6) is 0.000868. The minimum atomic E-state index is 0.000868. The second-order valence-corrected chi connectivity index (χ2v) is 6.13. The van der Waals surface area contributed by atoms with Crippen LogP contribution in [0.5, 0.6) is 0 Å². The Labute approximate surface area is 135 Å². The highest BCUT2D eigenvalue weighted by molar-refractivity contribution is 7.09. The number of carbonyl (C=O) groups excluding carboxylic acids is 1. The molecule has 2 rings (SSSR count). The summed E-state index contributed by atoms with van der Waals surface area (Å²) in [7, 11) is 0. The fourth-order valence-corrected chi connectivity index (χ4v) is 2.94. The van der Waals surface area contributed by atoms with E-state index in [0.717, 1.165) is 12.0 Å². The molecule has 1 heterocycles. The summed E-state index contributed by atoms with van der Waals surface area (Å²) in [6.07, 6.45) is 0.863. The fourth-order valence-electron chi connectivity index (χ4n) is 2.24. The number of aliphatic hydroxyl groups is 1. The van der Waals surface area contributed by atoms with Gasteiger partial charge < -0.3 is 10.4 Å². The summed E-state index contributed by atoms with van der Waals surface area (Å²) in [5, 5.41) is 14.1. The highest BCUT2D eigenvalue weighted by atomic mass is 32.1. The molecule has 1 aromatic heterocycles. The first kappa shape index (κ1) is 16.7. The first-order valence-corrected chi connectivity index (χ1v) is 8.32. The van der Waals surface area contributed by atoms with Gasteiger partial charge in [-0.15, -0.1) is 11.3 Å². The second kappa shape index (κ2) is 9.35. The van der Waals surface area contributed by atoms with Crippen molar-refractivity contribution in [1.29, 1.82) is 0 Å². The number of aliphatic hydroxyl groups excluding tert-OH is 1. The lowest BCUT2D eigenvalue weighted by atomic mass is 10.2. The molecule has 22 heavy (non-hydrogen) atoms. The molecule has 0 unspecified atom stereocenters. The Bertz CT molecular complexity index is 543. The quantitative estimate of drug-likeness (QED) is 0.742. The van der Waals surface area contributed by atoms with Crippen molar-refractivity contribution >= 4 is 17.2 Å². The number of hydrogen-bond acceptors (Lipinski definition) is 4. The lowest BCUT2D eigenvalue weighted by Crippen LogP contribution is -2.38. The van der Waals surface area contributed by atoms with Gasteiger partial charge in [-0.3, -0.25) is 9.69 Å². The van der Waals surface area contributed by atoms with Gasteiger partial charge in [0.25, 0.3) is 0 Å². The van der Waals surface area contributed by atoms with E-state index in [1.807, 2.05) is 46.7 Å². The minimum absolute atomic E-state index is 0.000868. The van der Waals surface area contributed by atoms with E-state index in [1.54, 1.807) is 11.3 Å². The third-order valence-electron chi connectivity index (χ3n) is 3.31. The lowest BCUT2D eigenvalue weighted by Gasteiger charge is -2.20. The monoisotopic (exact) mass is 318 g/mol. The standard InChI is InChI=1S/C17H22N2O2S/c20-11-10-19(13-15-5-2-1-3-6-15)14-17(21)18-9-8-16-7-4-12-22-16/h1-7,12,20H,8-11,13-14H2,(H,18,21). The van der Waals surface area contributed by atoms with Crippen LogP contribution in [-0.4, -0.2) is 42.2 Å². The molecule has 1 amide bonds. The number of amides is 1. The number of nitrogens with one attached hydrogen (secondary N) is 1. The molecule has 0 bridgehead atoms. The molecule has 0 spiro atoms. The predicted molar refractivity (Wildman–Crippen MR) is 89.8 cm³/mol. The van der Waals surface area contributed by atoms with Crippen LogP contribution < -0.4 is 5.32 Å². The average molecular weight is 318 g/mol. The summed E-state index contributed by atoms with van der Waals surface area (Å²) in [5.41, 5.74) is 1.14. The second-order valence-electron chi connectivity index (χ2n) is 5.10. The van der Waals surface area contributed by atoms with Gasteiger partial charge >= 0.3 is 0 Å². The van der Waals surface area contributed by atoms with E-state index >= 15 is 0 Å². The van der Waals surface area contributed by atoms with Gasteiger partial charge in [-0.1, -0.05) is 36.4 Å². The van der Waals surface area contributed by atoms with Crippen molar-refractivity contribution in [2.24, 2.45) is 0 Å². The van der Waals surface area contributed by atoms with Crippen LogP contribution in [0.2, 0.25) is 0 Å². The number of carbonyl (C=O) groups is 1. The Hall–Kier alpha value is -1.69. The van der Waals surface area contributed by atoms with Crippen LogP contribution in [0.1, 0.15) is 10.4 Å². The maximum atomic E-state index is 12.0. The molecule has 0 aliphatic heterocycles. The lowest BCUT2D eigenvalue weighted by molar-refractivity contribution is -0.122. The van der Waals surface area contributed by atoms with E-state index in [2.05, 4.69) is 11.4 Å². The summed E-state index contributed by atoms with van der Waals surface area (Å²) >= 11 is 1.70. The molecule has 1 aromatic carbocycles. The van der Waals surface area contributed by atoms with E-state index in [4.69, 9.17) is 5.11 Å². The van der Waals surface area contributed by atoms with Gasteiger partial charge in [0.1, 0.15) is 0 Å². The molecule has 0 aliphatic rings. The summed E-state index contributed by atoms with van der Waals surface area (Å²) < 4.78 is 0. The van der Waals surface area contributed by atoms with Gasteiger partial charge in [-0.2, -0.15) is 0 Å². The molecular weight excluding hydrogens is 296 g/mol. The summed E-state index contributed by atoms with van der Waals surface area (Å²) in [6.45, 7) is 2.17. The number of thiophene rings is 1. The van der Waals surface area contributed by atoms with Crippen molar-refractivity contribution in [2.45, 2.75) is 13.0 Å². The maximum Gasteiger partial charge on any atom is 0.234 e. The molecule has 2 aromatic rings. The fraction of sp³-hybridized carbons (Fsp3) is 0.353. The first-order chi connectivity index (χ1) is 10.8. The largest absolute Gasteiger partial charge is 0.395 e. The summed E-state index contributed by atoms with van der Waals surface area (Å²) in [4.78, 5) is 15.2. The molecular formula is C17H22N2O2S. The van der Waals surface area contributed by atoms with Crippen LogP contribution in [0.15, 0.2) is 47.8 Å². The van der Waals surface area contributed by atoms with Gasteiger partial charge in [-0.25, -0.2) is 0 Å². The van der Waals surface area contributed by atoms with Crippen molar-refractivity contribution in [1.82, 2.24) is 10.2 Å². The van der Waals surface area contributed by atoms with E-state index in [0.29, 0.717) is 26.2 Å². The smallest absolute Gasteiger partial charge is 0.234 e. The zero-order valence-electron chi connectivity index (χ0n) is 12.6. The van der Waals surface area contributed by atoms with Crippen LogP contribution in [0.25, 0.3) is 0 Å². The third-order valence-corrected chi connectivity index (χ3v) is 4.24. The third kappa shape index (κ3) is 5.97. The van der Waals surface area contributed by atoms with Gasteiger partial charge in [-0.05, 0) is 23.4 Å². The summed E-state index contributed by atoms with van der Waals surface area (Å²) in [6, 6.07) is 14.1. The Balaban J connectivity index is 1.75. The molecule has 0 aliphatic carbocycles. The molecule has 4 nitrogen and oxygen atoms in total. The molecule has 0 fully saturated rings. The Kier molecular flexibility index (Phi) is 7.09. The van der Waals surface area contributed by atoms with Crippen molar-refractivity contribution in [3.63, 3.8) is 0 Å². The van der Waals surface area contributed by atoms with Gasteiger partial charge in [0, 0.05) is 24.5 Å². The van der Waals surface area contributed by atoms with Crippen LogP contribution in [0.3, 0.4) is 0 Å². The van der Waals surface area contributed by atoms with Crippen molar-refractivity contribution in [3.05, 3.63) is 58.3 Å². The molecule has 2 N–H and O–H groups in total. The minimum Gasteiger partial charge on any atom is -0.395 e. The molecule has 5 heteroatoms. The zero-order valence-corrected chi connectivity index (χ0v) is 13.4. The zero-order chi connectivity index (χ0) is 15.6. The maximum absolute atomic E-state index is 12.0. The highest BCUT2D eigenvalue weighted by Gasteiger charge is 2.10. The van der Waals surface area contributed by atoms with Crippen molar-refractivity contribution in [2.75, 3.05) is 26.2 Å². The number of hydrogen-bond donors (Lipinski definition) is 2. The molecule has 118 valence electrons. The van der Waals surface area contributed by atoms with Gasteiger partial charge in [0.15, 0.2) is 0 Å². The molecule has 0 saturated heterocycles. The first-order valence-electron chi connectivity index (χ1n) is 7.44. The van der Waals surface area contributed by atoms with Crippen molar-refractivity contribution < 1.29 is 9.90 Å². The predicted octanol–water partition coefficient (Wildman–Crippen LogP) is 1.90. The van der Waals surface area contributed by atoms with Crippen LogP contribution in [0.4, 0.5) is 0 Å². The van der Waals surface area contributed by atoms with Gasteiger partial charge in [0.2, 0.25) is 5.91 Å². The van der Waals surface area contributed by atoms with Crippen LogP contribution in [-0.2, 0) is 17.8 Å². The molecule has 0 saturated carbocycles. The molecule has 0 radical (unpaired) electrons. The van der Waals surface area contributed by atoms with E-state index < -0.39 is 0 Å². The Morgan fingerprint density at radius 1 is 1.18 bits per heavy atom. The van der Waals surface area contributed by atoms with E-state index in [-0.39, 0.29) is 12.5 Å².